The van der Waals surface area contributed by atoms with Gasteiger partial charge >= 0.3 is 0 Å². The zero-order chi connectivity index (χ0) is 33.7. The summed E-state index contributed by atoms with van der Waals surface area (Å²) in [6.07, 6.45) is 0. The average molecular weight is 653 g/mol. The normalized spacial score (nSPS) is 11.7. The van der Waals surface area contributed by atoms with Crippen LogP contribution in [0.25, 0.3) is 77.3 Å². The maximum atomic E-state index is 6.39. The van der Waals surface area contributed by atoms with E-state index in [0.29, 0.717) is 0 Å². The second kappa shape index (κ2) is 12.0. The second-order valence-corrected chi connectivity index (χ2v) is 13.2. The lowest BCUT2D eigenvalue weighted by Gasteiger charge is -2.21. The lowest BCUT2D eigenvalue weighted by Crippen LogP contribution is -2.04. The molecule has 51 heavy (non-hydrogen) atoms. The molecule has 2 nitrogen and oxygen atoms in total. The van der Waals surface area contributed by atoms with Crippen LogP contribution in [0.4, 0.5) is 0 Å². The molecule has 0 atom stereocenters. The summed E-state index contributed by atoms with van der Waals surface area (Å²) in [5.74, 6) is 0.0285. The van der Waals surface area contributed by atoms with Crippen molar-refractivity contribution in [1.82, 2.24) is 0 Å². The Labute approximate surface area is 295 Å². The summed E-state index contributed by atoms with van der Waals surface area (Å²) in [6.45, 7) is 0. The zero-order valence-corrected chi connectivity index (χ0v) is 27.8. The number of fused-ring (bicyclic) bond motifs is 6. The fraction of sp³-hybridized carbons (Fsp3) is 0.0204. The van der Waals surface area contributed by atoms with Gasteiger partial charge in [0.1, 0.15) is 22.3 Å². The van der Waals surface area contributed by atoms with Gasteiger partial charge in [0.15, 0.2) is 0 Å². The van der Waals surface area contributed by atoms with Gasteiger partial charge in [-0.15, -0.1) is 0 Å². The molecule has 0 radical (unpaired) electrons. The topological polar surface area (TPSA) is 26.3 Å². The first-order valence-corrected chi connectivity index (χ1v) is 17.5. The van der Waals surface area contributed by atoms with E-state index in [2.05, 4.69) is 164 Å². The third kappa shape index (κ3) is 5.04. The molecule has 2 aromatic heterocycles. The standard InChI is InChI=1S/C49H32O2/c1-2-11-32(12-3-1)37-13-8-14-38(31-37)47(35-27-23-33(24-28-35)39-17-9-19-43-41-15-4-6-21-45(41)50-48(39)43)36-29-25-34(26-30-36)40-18-10-20-44-42-16-5-7-22-46(42)51-49(40)44/h1-31,47H. The van der Waals surface area contributed by atoms with E-state index in [1.54, 1.807) is 0 Å². The van der Waals surface area contributed by atoms with Crippen molar-refractivity contribution in [2.75, 3.05) is 0 Å². The van der Waals surface area contributed by atoms with E-state index in [-0.39, 0.29) is 5.92 Å². The lowest BCUT2D eigenvalue weighted by molar-refractivity contribution is 0.669. The van der Waals surface area contributed by atoms with E-state index in [4.69, 9.17) is 8.83 Å². The number of benzene rings is 8. The molecule has 0 spiro atoms. The molecule has 8 aromatic carbocycles. The fourth-order valence-electron chi connectivity index (χ4n) is 7.77. The Bertz CT molecular complexity index is 2680. The Balaban J connectivity index is 1.08. The molecule has 10 aromatic rings. The molecule has 0 saturated carbocycles. The Kier molecular flexibility index (Phi) is 6.92. The highest BCUT2D eigenvalue weighted by molar-refractivity contribution is 6.10. The van der Waals surface area contributed by atoms with Crippen LogP contribution >= 0.6 is 0 Å². The predicted molar refractivity (Wildman–Crippen MR) is 211 cm³/mol. The van der Waals surface area contributed by atoms with Crippen molar-refractivity contribution < 1.29 is 8.83 Å². The summed E-state index contributed by atoms with van der Waals surface area (Å²) < 4.78 is 12.8. The fourth-order valence-corrected chi connectivity index (χ4v) is 7.77. The van der Waals surface area contributed by atoms with Crippen molar-refractivity contribution in [3.63, 3.8) is 0 Å². The van der Waals surface area contributed by atoms with Gasteiger partial charge in [-0.1, -0.05) is 176 Å². The monoisotopic (exact) mass is 652 g/mol. The van der Waals surface area contributed by atoms with E-state index in [0.717, 1.165) is 66.1 Å². The van der Waals surface area contributed by atoms with Crippen molar-refractivity contribution in [2.24, 2.45) is 0 Å². The quantitative estimate of drug-likeness (QED) is 0.167. The smallest absolute Gasteiger partial charge is 0.143 e. The first-order valence-electron chi connectivity index (χ1n) is 17.5. The maximum Gasteiger partial charge on any atom is 0.143 e. The van der Waals surface area contributed by atoms with Crippen molar-refractivity contribution in [1.29, 1.82) is 0 Å². The van der Waals surface area contributed by atoms with E-state index in [1.165, 1.54) is 27.8 Å². The van der Waals surface area contributed by atoms with Crippen LogP contribution in [-0.4, -0.2) is 0 Å². The van der Waals surface area contributed by atoms with Crippen molar-refractivity contribution in [3.8, 4) is 33.4 Å². The molecule has 2 heterocycles. The minimum absolute atomic E-state index is 0.0285. The largest absolute Gasteiger partial charge is 0.455 e. The van der Waals surface area contributed by atoms with Crippen molar-refractivity contribution >= 4 is 43.9 Å². The molecular formula is C49H32O2. The molecule has 10 rings (SSSR count). The Morgan fingerprint density at radius 3 is 1.29 bits per heavy atom. The number of furan rings is 2. The molecule has 0 aliphatic carbocycles. The van der Waals surface area contributed by atoms with Crippen LogP contribution in [0.1, 0.15) is 22.6 Å². The van der Waals surface area contributed by atoms with Gasteiger partial charge in [-0.05, 0) is 51.1 Å². The molecule has 0 bridgehead atoms. The highest BCUT2D eigenvalue weighted by atomic mass is 16.3. The number of rotatable bonds is 6. The minimum Gasteiger partial charge on any atom is -0.455 e. The maximum absolute atomic E-state index is 6.39. The number of hydrogen-bond acceptors (Lipinski definition) is 2. The summed E-state index contributed by atoms with van der Waals surface area (Å²) in [4.78, 5) is 0. The van der Waals surface area contributed by atoms with Crippen LogP contribution in [-0.2, 0) is 0 Å². The van der Waals surface area contributed by atoms with Crippen molar-refractivity contribution in [2.45, 2.75) is 5.92 Å². The molecule has 0 aliphatic heterocycles. The summed E-state index contributed by atoms with van der Waals surface area (Å²) >= 11 is 0. The van der Waals surface area contributed by atoms with Crippen molar-refractivity contribution in [3.05, 3.63) is 205 Å². The van der Waals surface area contributed by atoms with Gasteiger partial charge in [-0.2, -0.15) is 0 Å². The van der Waals surface area contributed by atoms with Crippen LogP contribution in [0, 0.1) is 0 Å². The molecule has 0 amide bonds. The summed E-state index contributed by atoms with van der Waals surface area (Å²) in [7, 11) is 0. The van der Waals surface area contributed by atoms with Crippen LogP contribution in [0.3, 0.4) is 0 Å². The second-order valence-electron chi connectivity index (χ2n) is 13.2. The zero-order valence-electron chi connectivity index (χ0n) is 27.8. The molecule has 0 unspecified atom stereocenters. The molecule has 0 aliphatic rings. The third-order valence-corrected chi connectivity index (χ3v) is 10.2. The molecule has 0 N–H and O–H groups in total. The predicted octanol–water partition coefficient (Wildman–Crippen LogP) is 13.7. The van der Waals surface area contributed by atoms with Gasteiger partial charge in [-0.3, -0.25) is 0 Å². The Morgan fingerprint density at radius 1 is 0.294 bits per heavy atom. The van der Waals surface area contributed by atoms with Gasteiger partial charge in [0.05, 0.1) is 0 Å². The highest BCUT2D eigenvalue weighted by Crippen LogP contribution is 2.40. The SMILES string of the molecule is c1ccc(-c2cccc(C(c3ccc(-c4cccc5c4oc4ccccc45)cc3)c3ccc(-c4cccc5c4oc4ccccc45)cc3)c2)cc1. The van der Waals surface area contributed by atoms with Crippen LogP contribution in [0.5, 0.6) is 0 Å². The summed E-state index contributed by atoms with van der Waals surface area (Å²) in [5.41, 5.74) is 14.3. The number of para-hydroxylation sites is 4. The highest BCUT2D eigenvalue weighted by Gasteiger charge is 2.20. The first-order chi connectivity index (χ1) is 25.3. The van der Waals surface area contributed by atoms with Gasteiger partial charge in [0.25, 0.3) is 0 Å². The van der Waals surface area contributed by atoms with E-state index >= 15 is 0 Å². The van der Waals surface area contributed by atoms with Crippen LogP contribution in [0.15, 0.2) is 197 Å². The van der Waals surface area contributed by atoms with Gasteiger partial charge in [0.2, 0.25) is 0 Å². The third-order valence-electron chi connectivity index (χ3n) is 10.2. The average Bonchev–Trinajstić information content (AvgIpc) is 3.78. The summed E-state index contributed by atoms with van der Waals surface area (Å²) in [6, 6.07) is 67.0. The van der Waals surface area contributed by atoms with E-state index in [9.17, 15) is 0 Å². The Hall–Kier alpha value is -6.64. The van der Waals surface area contributed by atoms with Crippen LogP contribution < -0.4 is 0 Å². The van der Waals surface area contributed by atoms with E-state index in [1.807, 2.05) is 24.3 Å². The molecule has 240 valence electrons. The van der Waals surface area contributed by atoms with Gasteiger partial charge < -0.3 is 8.83 Å². The minimum atomic E-state index is 0.0285. The summed E-state index contributed by atoms with van der Waals surface area (Å²) in [5, 5.41) is 4.57. The molecule has 2 heteroatoms. The molecule has 0 saturated heterocycles. The van der Waals surface area contributed by atoms with E-state index < -0.39 is 0 Å². The van der Waals surface area contributed by atoms with Gasteiger partial charge in [-0.25, -0.2) is 0 Å². The molecular weight excluding hydrogens is 621 g/mol. The molecule has 0 fully saturated rings. The van der Waals surface area contributed by atoms with Gasteiger partial charge in [0, 0.05) is 38.6 Å². The first kappa shape index (κ1) is 29.3. The lowest BCUT2D eigenvalue weighted by atomic mass is 9.83. The van der Waals surface area contributed by atoms with Crippen LogP contribution in [0.2, 0.25) is 0 Å². The Morgan fingerprint density at radius 2 is 0.745 bits per heavy atom. The number of hydrogen-bond donors (Lipinski definition) is 0.